The highest BCUT2D eigenvalue weighted by Crippen LogP contribution is 2.33. The van der Waals surface area contributed by atoms with Gasteiger partial charge in [0.2, 0.25) is 0 Å². The molecule has 0 aliphatic heterocycles. The van der Waals surface area contributed by atoms with Crippen LogP contribution < -0.4 is 11.1 Å². The number of aryl methyl sites for hydroxylation is 1. The molecule has 0 aliphatic carbocycles. The van der Waals surface area contributed by atoms with Gasteiger partial charge in [-0.3, -0.25) is 9.59 Å². The summed E-state index contributed by atoms with van der Waals surface area (Å²) in [5.74, 6) is -1.28. The van der Waals surface area contributed by atoms with Crippen LogP contribution in [0.2, 0.25) is 0 Å². The monoisotopic (exact) mass is 342 g/mol. The van der Waals surface area contributed by atoms with Gasteiger partial charge in [0.1, 0.15) is 5.00 Å². The molecule has 0 radical (unpaired) electrons. The van der Waals surface area contributed by atoms with Crippen molar-refractivity contribution in [3.05, 3.63) is 51.4 Å². The quantitative estimate of drug-likeness (QED) is 0.892. The van der Waals surface area contributed by atoms with Gasteiger partial charge in [-0.05, 0) is 43.7 Å². The van der Waals surface area contributed by atoms with Crippen LogP contribution in [-0.2, 0) is 6.18 Å². The van der Waals surface area contributed by atoms with E-state index < -0.39 is 23.6 Å². The number of anilines is 1. The first-order valence-electron chi connectivity index (χ1n) is 6.49. The second-order valence-corrected chi connectivity index (χ2v) is 6.11. The van der Waals surface area contributed by atoms with Crippen LogP contribution in [0.25, 0.3) is 0 Å². The standard InChI is InChI=1S/C15H13F3N2O2S/c1-7-8(2)23-14(11(7)12(19)21)20-13(22)9-3-5-10(6-4-9)15(16,17)18/h3-6H,1-2H3,(H2,19,21)(H,20,22). The lowest BCUT2D eigenvalue weighted by molar-refractivity contribution is -0.137. The summed E-state index contributed by atoms with van der Waals surface area (Å²) in [6.45, 7) is 3.49. The Bertz CT molecular complexity index is 764. The molecule has 0 saturated carbocycles. The average molecular weight is 342 g/mol. The third-order valence-electron chi connectivity index (χ3n) is 3.33. The van der Waals surface area contributed by atoms with Gasteiger partial charge in [-0.2, -0.15) is 13.2 Å². The molecule has 0 unspecified atom stereocenters. The molecule has 1 heterocycles. The number of benzene rings is 1. The van der Waals surface area contributed by atoms with E-state index in [1.165, 1.54) is 11.3 Å². The number of nitrogens with one attached hydrogen (secondary N) is 1. The minimum Gasteiger partial charge on any atom is -0.365 e. The highest BCUT2D eigenvalue weighted by atomic mass is 32.1. The van der Waals surface area contributed by atoms with E-state index in [2.05, 4.69) is 5.32 Å². The zero-order valence-corrected chi connectivity index (χ0v) is 13.1. The van der Waals surface area contributed by atoms with E-state index in [4.69, 9.17) is 5.73 Å². The summed E-state index contributed by atoms with van der Waals surface area (Å²) < 4.78 is 37.5. The minimum atomic E-state index is -4.46. The first-order valence-corrected chi connectivity index (χ1v) is 7.31. The van der Waals surface area contributed by atoms with Crippen molar-refractivity contribution >= 4 is 28.2 Å². The maximum absolute atomic E-state index is 12.5. The number of halogens is 3. The molecule has 2 aromatic rings. The van der Waals surface area contributed by atoms with Crippen LogP contribution in [0.3, 0.4) is 0 Å². The predicted octanol–water partition coefficient (Wildman–Crippen LogP) is 3.73. The van der Waals surface area contributed by atoms with Crippen LogP contribution in [0.15, 0.2) is 24.3 Å². The third kappa shape index (κ3) is 3.53. The lowest BCUT2D eigenvalue weighted by Crippen LogP contribution is -2.17. The fourth-order valence-electron chi connectivity index (χ4n) is 2.00. The number of hydrogen-bond donors (Lipinski definition) is 2. The van der Waals surface area contributed by atoms with Gasteiger partial charge >= 0.3 is 6.18 Å². The molecule has 0 atom stereocenters. The van der Waals surface area contributed by atoms with Crippen LogP contribution in [0.4, 0.5) is 18.2 Å². The van der Waals surface area contributed by atoms with Crippen molar-refractivity contribution in [1.29, 1.82) is 0 Å². The molecule has 8 heteroatoms. The Morgan fingerprint density at radius 1 is 1.13 bits per heavy atom. The lowest BCUT2D eigenvalue weighted by atomic mass is 10.1. The number of thiophene rings is 1. The van der Waals surface area contributed by atoms with Crippen molar-refractivity contribution in [3.8, 4) is 0 Å². The van der Waals surface area contributed by atoms with Gasteiger partial charge in [-0.25, -0.2) is 0 Å². The van der Waals surface area contributed by atoms with E-state index >= 15 is 0 Å². The average Bonchev–Trinajstić information content (AvgIpc) is 2.73. The second kappa shape index (κ2) is 6.04. The largest absolute Gasteiger partial charge is 0.416 e. The second-order valence-electron chi connectivity index (χ2n) is 4.88. The Morgan fingerprint density at radius 2 is 1.70 bits per heavy atom. The highest BCUT2D eigenvalue weighted by Gasteiger charge is 2.30. The summed E-state index contributed by atoms with van der Waals surface area (Å²) in [4.78, 5) is 24.4. The Morgan fingerprint density at radius 3 is 2.17 bits per heavy atom. The molecule has 4 nitrogen and oxygen atoms in total. The summed E-state index contributed by atoms with van der Waals surface area (Å²) in [5.41, 5.74) is 5.40. The number of hydrogen-bond acceptors (Lipinski definition) is 3. The molecule has 3 N–H and O–H groups in total. The molecule has 1 aromatic heterocycles. The highest BCUT2D eigenvalue weighted by molar-refractivity contribution is 7.16. The maximum Gasteiger partial charge on any atom is 0.416 e. The van der Waals surface area contributed by atoms with Gasteiger partial charge in [0, 0.05) is 10.4 Å². The molecule has 122 valence electrons. The molecule has 2 rings (SSSR count). The van der Waals surface area contributed by atoms with Gasteiger partial charge in [0.25, 0.3) is 11.8 Å². The number of alkyl halides is 3. The van der Waals surface area contributed by atoms with Gasteiger partial charge in [0.05, 0.1) is 11.1 Å². The minimum absolute atomic E-state index is 0.0529. The molecular formula is C15H13F3N2O2S. The molecule has 0 saturated heterocycles. The van der Waals surface area contributed by atoms with Crippen LogP contribution in [-0.4, -0.2) is 11.8 Å². The predicted molar refractivity (Wildman–Crippen MR) is 81.7 cm³/mol. The Hall–Kier alpha value is -2.35. The Kier molecular flexibility index (Phi) is 4.46. The fraction of sp³-hybridized carbons (Fsp3) is 0.200. The van der Waals surface area contributed by atoms with Gasteiger partial charge in [-0.15, -0.1) is 11.3 Å². The fourth-order valence-corrected chi connectivity index (χ4v) is 3.06. The summed E-state index contributed by atoms with van der Waals surface area (Å²) in [7, 11) is 0. The van der Waals surface area contributed by atoms with Crippen LogP contribution in [0.5, 0.6) is 0 Å². The number of carbonyl (C=O) groups is 2. The molecule has 0 fully saturated rings. The topological polar surface area (TPSA) is 72.2 Å². The normalized spacial score (nSPS) is 11.3. The smallest absolute Gasteiger partial charge is 0.365 e. The Labute approximate surface area is 134 Å². The first-order chi connectivity index (χ1) is 10.6. The van der Waals surface area contributed by atoms with Gasteiger partial charge < -0.3 is 11.1 Å². The number of carbonyl (C=O) groups excluding carboxylic acids is 2. The van der Waals surface area contributed by atoms with Gasteiger partial charge in [-0.1, -0.05) is 0 Å². The van der Waals surface area contributed by atoms with Crippen molar-refractivity contribution in [3.63, 3.8) is 0 Å². The summed E-state index contributed by atoms with van der Waals surface area (Å²) in [6.07, 6.45) is -4.46. The Balaban J connectivity index is 2.26. The number of nitrogens with two attached hydrogens (primary N) is 1. The summed E-state index contributed by atoms with van der Waals surface area (Å²) in [5, 5.41) is 2.81. The van der Waals surface area contributed by atoms with Crippen molar-refractivity contribution in [2.75, 3.05) is 5.32 Å². The first kappa shape index (κ1) is 17.0. The SMILES string of the molecule is Cc1sc(NC(=O)c2ccc(C(F)(F)F)cc2)c(C(N)=O)c1C. The number of rotatable bonds is 3. The van der Waals surface area contributed by atoms with E-state index in [0.29, 0.717) is 5.56 Å². The van der Waals surface area contributed by atoms with Crippen molar-refractivity contribution in [2.45, 2.75) is 20.0 Å². The zero-order valence-electron chi connectivity index (χ0n) is 12.2. The van der Waals surface area contributed by atoms with E-state index in [1.807, 2.05) is 0 Å². The summed E-state index contributed by atoms with van der Waals surface area (Å²) in [6, 6.07) is 3.81. The summed E-state index contributed by atoms with van der Waals surface area (Å²) >= 11 is 1.19. The van der Waals surface area contributed by atoms with E-state index in [0.717, 1.165) is 29.1 Å². The maximum atomic E-state index is 12.5. The number of amides is 2. The molecule has 0 bridgehead atoms. The third-order valence-corrected chi connectivity index (χ3v) is 4.46. The van der Waals surface area contributed by atoms with Gasteiger partial charge in [0.15, 0.2) is 0 Å². The van der Waals surface area contributed by atoms with E-state index in [9.17, 15) is 22.8 Å². The molecule has 23 heavy (non-hydrogen) atoms. The number of primary amides is 1. The van der Waals surface area contributed by atoms with E-state index in [-0.39, 0.29) is 16.1 Å². The molecule has 0 aliphatic rings. The van der Waals surface area contributed by atoms with Crippen LogP contribution in [0, 0.1) is 13.8 Å². The van der Waals surface area contributed by atoms with Crippen molar-refractivity contribution < 1.29 is 22.8 Å². The molecule has 0 spiro atoms. The van der Waals surface area contributed by atoms with Crippen molar-refractivity contribution in [1.82, 2.24) is 0 Å². The van der Waals surface area contributed by atoms with Crippen molar-refractivity contribution in [2.24, 2.45) is 5.73 Å². The molecular weight excluding hydrogens is 329 g/mol. The van der Waals surface area contributed by atoms with Crippen LogP contribution in [0.1, 0.15) is 36.7 Å². The lowest BCUT2D eigenvalue weighted by Gasteiger charge is -2.08. The zero-order chi connectivity index (χ0) is 17.4. The molecule has 2 amide bonds. The molecule has 1 aromatic carbocycles. The van der Waals surface area contributed by atoms with E-state index in [1.54, 1.807) is 13.8 Å². The van der Waals surface area contributed by atoms with Crippen LogP contribution >= 0.6 is 11.3 Å².